The largest absolute Gasteiger partial charge is 0.294 e. The van der Waals surface area contributed by atoms with Crippen LogP contribution in [0.2, 0.25) is 0 Å². The van der Waals surface area contributed by atoms with E-state index in [-0.39, 0.29) is 5.91 Å². The lowest BCUT2D eigenvalue weighted by molar-refractivity contribution is -0.121. The lowest BCUT2D eigenvalue weighted by Gasteiger charge is -2.00. The number of hydrazine groups is 1. The second kappa shape index (κ2) is 6.09. The molecule has 0 aliphatic heterocycles. The van der Waals surface area contributed by atoms with Crippen molar-refractivity contribution in [2.45, 2.75) is 32.2 Å². The minimum Gasteiger partial charge on any atom is -0.294 e. The van der Waals surface area contributed by atoms with Gasteiger partial charge in [-0.15, -0.1) is 0 Å². The van der Waals surface area contributed by atoms with Gasteiger partial charge in [-0.3, -0.25) is 14.9 Å². The van der Waals surface area contributed by atoms with E-state index in [1.54, 1.807) is 11.0 Å². The van der Waals surface area contributed by atoms with Crippen molar-refractivity contribution in [1.82, 2.24) is 20.2 Å². The maximum absolute atomic E-state index is 10.7. The predicted molar refractivity (Wildman–Crippen MR) is 50.8 cm³/mol. The Morgan fingerprint density at radius 2 is 2.29 bits per heavy atom. The molecule has 0 aliphatic rings. The van der Waals surface area contributed by atoms with Crippen LogP contribution in [0.5, 0.6) is 0 Å². The zero-order chi connectivity index (χ0) is 10.2. The normalized spacial score (nSPS) is 10.1. The molecule has 1 heterocycles. The smallest absolute Gasteiger partial charge is 0.233 e. The van der Waals surface area contributed by atoms with E-state index in [2.05, 4.69) is 15.5 Å². The van der Waals surface area contributed by atoms with E-state index in [1.807, 2.05) is 0 Å². The van der Waals surface area contributed by atoms with Crippen LogP contribution in [0.4, 0.5) is 0 Å². The number of amides is 1. The first kappa shape index (κ1) is 10.6. The lowest BCUT2D eigenvalue weighted by Crippen LogP contribution is -2.29. The summed E-state index contributed by atoms with van der Waals surface area (Å²) in [5, 5.41) is 3.97. The SMILES string of the molecule is NNC(=O)CCCCCn1cncn1. The maximum Gasteiger partial charge on any atom is 0.233 e. The van der Waals surface area contributed by atoms with E-state index in [9.17, 15) is 4.79 Å². The molecule has 0 saturated carbocycles. The van der Waals surface area contributed by atoms with Crippen molar-refractivity contribution in [3.63, 3.8) is 0 Å². The Kier molecular flexibility index (Phi) is 4.63. The van der Waals surface area contributed by atoms with Gasteiger partial charge in [-0.25, -0.2) is 10.8 Å². The van der Waals surface area contributed by atoms with Gasteiger partial charge in [-0.2, -0.15) is 5.10 Å². The molecule has 1 aromatic rings. The van der Waals surface area contributed by atoms with E-state index in [0.717, 1.165) is 25.8 Å². The molecule has 0 atom stereocenters. The Labute approximate surface area is 82.5 Å². The fourth-order valence-electron chi connectivity index (χ4n) is 1.16. The Balaban J connectivity index is 1.97. The van der Waals surface area contributed by atoms with Gasteiger partial charge < -0.3 is 0 Å². The molecule has 78 valence electrons. The predicted octanol–water partition coefficient (Wildman–Crippen LogP) is -0.172. The first-order chi connectivity index (χ1) is 6.83. The topological polar surface area (TPSA) is 85.8 Å². The van der Waals surface area contributed by atoms with E-state index in [1.165, 1.54) is 6.33 Å². The van der Waals surface area contributed by atoms with Crippen LogP contribution >= 0.6 is 0 Å². The number of carbonyl (C=O) groups is 1. The summed E-state index contributed by atoms with van der Waals surface area (Å²) in [4.78, 5) is 14.6. The highest BCUT2D eigenvalue weighted by Crippen LogP contribution is 2.00. The number of nitrogens with two attached hydrogens (primary N) is 1. The Morgan fingerprint density at radius 3 is 2.93 bits per heavy atom. The second-order valence-electron chi connectivity index (χ2n) is 3.04. The van der Waals surface area contributed by atoms with E-state index in [4.69, 9.17) is 5.84 Å². The molecule has 0 spiro atoms. The Morgan fingerprint density at radius 1 is 1.43 bits per heavy atom. The fraction of sp³-hybridized carbons (Fsp3) is 0.625. The number of unbranched alkanes of at least 4 members (excludes halogenated alkanes) is 2. The number of carbonyl (C=O) groups excluding carboxylic acids is 1. The quantitative estimate of drug-likeness (QED) is 0.287. The van der Waals surface area contributed by atoms with Crippen LogP contribution in [0.25, 0.3) is 0 Å². The molecule has 1 rings (SSSR count). The van der Waals surface area contributed by atoms with Gasteiger partial charge in [0.2, 0.25) is 5.91 Å². The molecule has 0 saturated heterocycles. The van der Waals surface area contributed by atoms with Gasteiger partial charge in [0.05, 0.1) is 0 Å². The monoisotopic (exact) mass is 197 g/mol. The van der Waals surface area contributed by atoms with Crippen LogP contribution in [0, 0.1) is 0 Å². The minimum atomic E-state index is -0.106. The first-order valence-corrected chi connectivity index (χ1v) is 4.65. The fourth-order valence-corrected chi connectivity index (χ4v) is 1.16. The molecule has 0 unspecified atom stereocenters. The summed E-state index contributed by atoms with van der Waals surface area (Å²) in [6, 6.07) is 0. The third kappa shape index (κ3) is 3.99. The number of nitrogens with one attached hydrogen (secondary N) is 1. The van der Waals surface area contributed by atoms with Crippen LogP contribution in [0.3, 0.4) is 0 Å². The molecule has 0 radical (unpaired) electrons. The highest BCUT2D eigenvalue weighted by atomic mass is 16.2. The van der Waals surface area contributed by atoms with Gasteiger partial charge in [-0.1, -0.05) is 6.42 Å². The van der Waals surface area contributed by atoms with Gasteiger partial charge in [-0.05, 0) is 12.8 Å². The van der Waals surface area contributed by atoms with Gasteiger partial charge in [0.25, 0.3) is 0 Å². The molecule has 0 aliphatic carbocycles. The average molecular weight is 197 g/mol. The summed E-state index contributed by atoms with van der Waals surface area (Å²) >= 11 is 0. The van der Waals surface area contributed by atoms with Gasteiger partial charge in [0.1, 0.15) is 12.7 Å². The van der Waals surface area contributed by atoms with Crippen LogP contribution in [-0.2, 0) is 11.3 Å². The minimum absolute atomic E-state index is 0.106. The Bertz CT molecular complexity index is 259. The molecule has 0 fully saturated rings. The molecular weight excluding hydrogens is 182 g/mol. The standard InChI is InChI=1S/C8H15N5O/c9-12-8(14)4-2-1-3-5-13-7-10-6-11-13/h6-7H,1-5,9H2,(H,12,14). The van der Waals surface area contributed by atoms with Crippen LogP contribution < -0.4 is 11.3 Å². The third-order valence-corrected chi connectivity index (χ3v) is 1.92. The number of hydrogen-bond acceptors (Lipinski definition) is 4. The summed E-state index contributed by atoms with van der Waals surface area (Å²) in [7, 11) is 0. The van der Waals surface area contributed by atoms with Gasteiger partial charge >= 0.3 is 0 Å². The number of aromatic nitrogens is 3. The summed E-state index contributed by atoms with van der Waals surface area (Å²) < 4.78 is 1.78. The zero-order valence-electron chi connectivity index (χ0n) is 8.02. The van der Waals surface area contributed by atoms with E-state index < -0.39 is 0 Å². The summed E-state index contributed by atoms with van der Waals surface area (Å²) in [5.41, 5.74) is 2.10. The van der Waals surface area contributed by atoms with E-state index >= 15 is 0 Å². The third-order valence-electron chi connectivity index (χ3n) is 1.92. The maximum atomic E-state index is 10.7. The Hall–Kier alpha value is -1.43. The molecule has 6 heteroatoms. The van der Waals surface area contributed by atoms with Crippen LogP contribution in [0.15, 0.2) is 12.7 Å². The van der Waals surface area contributed by atoms with Crippen LogP contribution in [-0.4, -0.2) is 20.7 Å². The van der Waals surface area contributed by atoms with Crippen molar-refractivity contribution < 1.29 is 4.79 Å². The molecular formula is C8H15N5O. The zero-order valence-corrected chi connectivity index (χ0v) is 8.02. The molecule has 3 N–H and O–H groups in total. The molecule has 1 amide bonds. The number of aryl methyl sites for hydroxylation is 1. The summed E-state index contributed by atoms with van der Waals surface area (Å²) in [6.07, 6.45) is 6.55. The second-order valence-corrected chi connectivity index (χ2v) is 3.04. The number of rotatable bonds is 6. The lowest BCUT2D eigenvalue weighted by atomic mass is 10.2. The summed E-state index contributed by atoms with van der Waals surface area (Å²) in [5.74, 6) is 4.84. The molecule has 0 aromatic carbocycles. The van der Waals surface area contributed by atoms with Crippen molar-refractivity contribution in [2.24, 2.45) is 5.84 Å². The number of hydrogen-bond donors (Lipinski definition) is 2. The highest BCUT2D eigenvalue weighted by molar-refractivity contribution is 5.74. The summed E-state index contributed by atoms with van der Waals surface area (Å²) in [6.45, 7) is 0.851. The van der Waals surface area contributed by atoms with Crippen molar-refractivity contribution in [1.29, 1.82) is 0 Å². The highest BCUT2D eigenvalue weighted by Gasteiger charge is 1.97. The first-order valence-electron chi connectivity index (χ1n) is 4.65. The molecule has 6 nitrogen and oxygen atoms in total. The van der Waals surface area contributed by atoms with Gasteiger partial charge in [0, 0.05) is 13.0 Å². The van der Waals surface area contributed by atoms with Gasteiger partial charge in [0.15, 0.2) is 0 Å². The molecule has 1 aromatic heterocycles. The molecule has 0 bridgehead atoms. The average Bonchev–Trinajstić information content (AvgIpc) is 2.69. The van der Waals surface area contributed by atoms with Crippen molar-refractivity contribution in [2.75, 3.05) is 0 Å². The number of nitrogens with zero attached hydrogens (tertiary/aromatic N) is 3. The molecule has 14 heavy (non-hydrogen) atoms. The van der Waals surface area contributed by atoms with Crippen molar-refractivity contribution in [3.8, 4) is 0 Å². The van der Waals surface area contributed by atoms with E-state index in [0.29, 0.717) is 6.42 Å². The van der Waals surface area contributed by atoms with Crippen LogP contribution in [0.1, 0.15) is 25.7 Å². The van der Waals surface area contributed by atoms with Crippen molar-refractivity contribution >= 4 is 5.91 Å². The van der Waals surface area contributed by atoms with Crippen molar-refractivity contribution in [3.05, 3.63) is 12.7 Å².